The van der Waals surface area contributed by atoms with Crippen LogP contribution in [0.1, 0.15) is 31.4 Å². The molecule has 0 N–H and O–H groups in total. The van der Waals surface area contributed by atoms with Gasteiger partial charge in [0.05, 0.1) is 0 Å². The van der Waals surface area contributed by atoms with Gasteiger partial charge in [0.2, 0.25) is 0 Å². The van der Waals surface area contributed by atoms with Crippen LogP contribution in [-0.4, -0.2) is 12.8 Å². The van der Waals surface area contributed by atoms with E-state index in [1.807, 2.05) is 20.0 Å². The van der Waals surface area contributed by atoms with E-state index in [9.17, 15) is 0 Å². The van der Waals surface area contributed by atoms with Crippen LogP contribution in [-0.2, 0) is 12.8 Å². The van der Waals surface area contributed by atoms with Crippen LogP contribution in [0.3, 0.4) is 0 Å². The van der Waals surface area contributed by atoms with Gasteiger partial charge in [0, 0.05) is 19.2 Å². The van der Waals surface area contributed by atoms with E-state index in [0.29, 0.717) is 0 Å². The lowest BCUT2D eigenvalue weighted by molar-refractivity contribution is 0.921. The predicted octanol–water partition coefficient (Wildman–Crippen LogP) is 3.83. The van der Waals surface area contributed by atoms with Crippen molar-refractivity contribution in [3.8, 4) is 0 Å². The van der Waals surface area contributed by atoms with E-state index < -0.39 is 0 Å². The van der Waals surface area contributed by atoms with Crippen LogP contribution in [0.2, 0.25) is 0 Å². The van der Waals surface area contributed by atoms with Gasteiger partial charge in [-0.15, -0.1) is 0 Å². The highest BCUT2D eigenvalue weighted by Crippen LogP contribution is 2.08. The summed E-state index contributed by atoms with van der Waals surface area (Å²) >= 11 is 0. The highest BCUT2D eigenvalue weighted by atomic mass is 14.7. The molecule has 0 aromatic heterocycles. The summed E-state index contributed by atoms with van der Waals surface area (Å²) in [6.07, 6.45) is 7.41. The van der Waals surface area contributed by atoms with Crippen molar-refractivity contribution in [2.45, 2.75) is 33.1 Å². The average molecular weight is 215 g/mol. The standard InChI is InChI=1S/C15H21N/c1-4-6-13-8-10-14(11-9-13)12-15(16-3)7-5-2/h5,7-11H,4,6,12H2,1-3H3/b7-5-,16-15?. The largest absolute Gasteiger partial charge is 0.293 e. The van der Waals surface area contributed by atoms with E-state index in [4.69, 9.17) is 0 Å². The lowest BCUT2D eigenvalue weighted by Crippen LogP contribution is -1.99. The van der Waals surface area contributed by atoms with Crippen LogP contribution in [0.15, 0.2) is 41.4 Å². The summed E-state index contributed by atoms with van der Waals surface area (Å²) in [6.45, 7) is 4.23. The fraction of sp³-hybridized carbons (Fsp3) is 0.400. The second-order valence-corrected chi connectivity index (χ2v) is 3.96. The maximum absolute atomic E-state index is 4.26. The molecule has 0 saturated carbocycles. The van der Waals surface area contributed by atoms with Crippen LogP contribution in [0.25, 0.3) is 0 Å². The molecule has 0 unspecified atom stereocenters. The molecule has 16 heavy (non-hydrogen) atoms. The van der Waals surface area contributed by atoms with Gasteiger partial charge in [-0.05, 0) is 30.5 Å². The first-order chi connectivity index (χ1) is 7.80. The number of rotatable bonds is 5. The minimum Gasteiger partial charge on any atom is -0.293 e. The SMILES string of the molecule is C/C=C\C(Cc1ccc(CCC)cc1)=NC. The molecule has 1 nitrogen and oxygen atoms in total. The summed E-state index contributed by atoms with van der Waals surface area (Å²) in [5, 5.41) is 0. The fourth-order valence-electron chi connectivity index (χ4n) is 1.73. The number of allylic oxidation sites excluding steroid dienone is 2. The van der Waals surface area contributed by atoms with Gasteiger partial charge >= 0.3 is 0 Å². The Labute approximate surface area is 98.9 Å². The van der Waals surface area contributed by atoms with E-state index in [2.05, 4.69) is 42.3 Å². The maximum Gasteiger partial charge on any atom is 0.0385 e. The van der Waals surface area contributed by atoms with Crippen molar-refractivity contribution in [3.63, 3.8) is 0 Å². The van der Waals surface area contributed by atoms with Gasteiger partial charge in [-0.3, -0.25) is 4.99 Å². The third-order valence-electron chi connectivity index (χ3n) is 2.59. The zero-order valence-electron chi connectivity index (χ0n) is 10.5. The summed E-state index contributed by atoms with van der Waals surface area (Å²) in [5.74, 6) is 0. The zero-order valence-corrected chi connectivity index (χ0v) is 10.5. The first-order valence-corrected chi connectivity index (χ1v) is 5.96. The van der Waals surface area contributed by atoms with Crippen molar-refractivity contribution in [3.05, 3.63) is 47.5 Å². The minimum absolute atomic E-state index is 0.924. The molecule has 0 heterocycles. The number of benzene rings is 1. The third-order valence-corrected chi connectivity index (χ3v) is 2.59. The van der Waals surface area contributed by atoms with Crippen molar-refractivity contribution in [2.75, 3.05) is 7.05 Å². The molecule has 0 radical (unpaired) electrons. The van der Waals surface area contributed by atoms with Gasteiger partial charge in [0.25, 0.3) is 0 Å². The lowest BCUT2D eigenvalue weighted by Gasteiger charge is -2.03. The molecule has 1 rings (SSSR count). The Balaban J connectivity index is 2.67. The highest BCUT2D eigenvalue weighted by Gasteiger charge is 1.97. The summed E-state index contributed by atoms with van der Waals surface area (Å²) in [6, 6.07) is 8.86. The van der Waals surface area contributed by atoms with Crippen LogP contribution in [0.4, 0.5) is 0 Å². The molecule has 1 aromatic carbocycles. The minimum atomic E-state index is 0.924. The third kappa shape index (κ3) is 4.01. The molecule has 0 aliphatic heterocycles. The summed E-state index contributed by atoms with van der Waals surface area (Å²) in [7, 11) is 1.85. The molecule has 0 fully saturated rings. The molecule has 0 amide bonds. The summed E-state index contributed by atoms with van der Waals surface area (Å²) < 4.78 is 0. The lowest BCUT2D eigenvalue weighted by atomic mass is 10.0. The number of hydrogen-bond donors (Lipinski definition) is 0. The summed E-state index contributed by atoms with van der Waals surface area (Å²) in [4.78, 5) is 4.26. The molecule has 0 atom stereocenters. The molecule has 86 valence electrons. The van der Waals surface area contributed by atoms with E-state index in [1.54, 1.807) is 0 Å². The van der Waals surface area contributed by atoms with Crippen molar-refractivity contribution in [1.82, 2.24) is 0 Å². The van der Waals surface area contributed by atoms with Crippen molar-refractivity contribution < 1.29 is 0 Å². The zero-order chi connectivity index (χ0) is 11.8. The van der Waals surface area contributed by atoms with Crippen molar-refractivity contribution in [1.29, 1.82) is 0 Å². The maximum atomic E-state index is 4.26. The summed E-state index contributed by atoms with van der Waals surface area (Å²) in [5.41, 5.74) is 3.89. The Morgan fingerprint density at radius 1 is 1.19 bits per heavy atom. The van der Waals surface area contributed by atoms with E-state index >= 15 is 0 Å². The van der Waals surface area contributed by atoms with Gasteiger partial charge in [-0.25, -0.2) is 0 Å². The first kappa shape index (κ1) is 12.7. The van der Waals surface area contributed by atoms with Gasteiger partial charge in [0.15, 0.2) is 0 Å². The van der Waals surface area contributed by atoms with Crippen LogP contribution in [0, 0.1) is 0 Å². The Morgan fingerprint density at radius 3 is 2.31 bits per heavy atom. The number of nitrogens with zero attached hydrogens (tertiary/aromatic N) is 1. The smallest absolute Gasteiger partial charge is 0.0385 e. The fourth-order valence-corrected chi connectivity index (χ4v) is 1.73. The molecule has 1 heteroatoms. The van der Waals surface area contributed by atoms with E-state index in [0.717, 1.165) is 12.1 Å². The van der Waals surface area contributed by atoms with E-state index in [-0.39, 0.29) is 0 Å². The Kier molecular flexibility index (Phi) is 5.55. The van der Waals surface area contributed by atoms with E-state index in [1.165, 1.54) is 24.0 Å². The number of aryl methyl sites for hydroxylation is 1. The van der Waals surface area contributed by atoms with Gasteiger partial charge in [-0.2, -0.15) is 0 Å². The quantitative estimate of drug-likeness (QED) is 0.662. The monoisotopic (exact) mass is 215 g/mol. The predicted molar refractivity (Wildman–Crippen MR) is 72.3 cm³/mol. The average Bonchev–Trinajstić information content (AvgIpc) is 2.31. The van der Waals surface area contributed by atoms with Gasteiger partial charge < -0.3 is 0 Å². The molecular weight excluding hydrogens is 194 g/mol. The van der Waals surface area contributed by atoms with Crippen LogP contribution < -0.4 is 0 Å². The Hall–Kier alpha value is -1.37. The topological polar surface area (TPSA) is 12.4 Å². The van der Waals surface area contributed by atoms with Crippen molar-refractivity contribution in [2.24, 2.45) is 4.99 Å². The van der Waals surface area contributed by atoms with Crippen LogP contribution in [0.5, 0.6) is 0 Å². The highest BCUT2D eigenvalue weighted by molar-refractivity contribution is 5.96. The number of aliphatic imine (C=N–C) groups is 1. The molecule has 0 aliphatic carbocycles. The number of hydrogen-bond acceptors (Lipinski definition) is 1. The molecule has 0 bridgehead atoms. The normalized spacial score (nSPS) is 12.3. The first-order valence-electron chi connectivity index (χ1n) is 5.96. The molecule has 0 spiro atoms. The molecule has 1 aromatic rings. The van der Waals surface area contributed by atoms with Gasteiger partial charge in [-0.1, -0.05) is 43.7 Å². The molecule has 0 aliphatic rings. The van der Waals surface area contributed by atoms with Crippen molar-refractivity contribution >= 4 is 5.71 Å². The molecule has 0 saturated heterocycles. The Bertz CT molecular complexity index is 358. The second kappa shape index (κ2) is 7.00. The van der Waals surface area contributed by atoms with Gasteiger partial charge in [0.1, 0.15) is 0 Å². The second-order valence-electron chi connectivity index (χ2n) is 3.96. The Morgan fingerprint density at radius 2 is 1.81 bits per heavy atom. The molecular formula is C15H21N. The van der Waals surface area contributed by atoms with Crippen LogP contribution >= 0.6 is 0 Å².